The number of rotatable bonds is 4. The lowest BCUT2D eigenvalue weighted by Gasteiger charge is -2.33. The molecule has 0 unspecified atom stereocenters. The summed E-state index contributed by atoms with van der Waals surface area (Å²) in [6.07, 6.45) is 1.97. The summed E-state index contributed by atoms with van der Waals surface area (Å²) >= 11 is 1.50. The van der Waals surface area contributed by atoms with Crippen molar-refractivity contribution in [3.05, 3.63) is 99.9 Å². The fourth-order valence-electron chi connectivity index (χ4n) is 3.97. The van der Waals surface area contributed by atoms with Gasteiger partial charge in [0, 0.05) is 9.83 Å². The maximum absolute atomic E-state index is 13.4. The van der Waals surface area contributed by atoms with Crippen LogP contribution in [0.3, 0.4) is 0 Å². The van der Waals surface area contributed by atoms with Crippen molar-refractivity contribution in [1.29, 1.82) is 0 Å². The molecule has 29 heavy (non-hydrogen) atoms. The zero-order chi connectivity index (χ0) is 20.5. The van der Waals surface area contributed by atoms with E-state index in [9.17, 15) is 14.5 Å². The van der Waals surface area contributed by atoms with Crippen molar-refractivity contribution >= 4 is 27.4 Å². The number of hydrogen-bond donors (Lipinski definition) is 1. The van der Waals surface area contributed by atoms with Crippen LogP contribution in [0.1, 0.15) is 16.4 Å². The first-order valence-corrected chi connectivity index (χ1v) is 10.4. The molecule has 1 N–H and O–H groups in total. The molecule has 0 saturated heterocycles. The smallest absolute Gasteiger partial charge is 0.283 e. The van der Waals surface area contributed by atoms with E-state index < -0.39 is 6.04 Å². The third-order valence-corrected chi connectivity index (χ3v) is 6.84. The van der Waals surface area contributed by atoms with Crippen LogP contribution in [0, 0.1) is 15.9 Å². The molecular weight excluding hydrogens is 387 g/mol. The van der Waals surface area contributed by atoms with Gasteiger partial charge in [0.1, 0.15) is 11.1 Å². The summed E-state index contributed by atoms with van der Waals surface area (Å²) in [5.41, 5.74) is 1.85. The molecule has 0 aliphatic carbocycles. The van der Waals surface area contributed by atoms with E-state index in [1.807, 2.05) is 62.6 Å². The van der Waals surface area contributed by atoms with Gasteiger partial charge in [0.05, 0.1) is 14.1 Å². The largest absolute Gasteiger partial charge is 0.328 e. The van der Waals surface area contributed by atoms with Crippen LogP contribution in [0.25, 0.3) is 15.7 Å². The number of halogens is 1. The van der Waals surface area contributed by atoms with Crippen molar-refractivity contribution in [2.24, 2.45) is 0 Å². The van der Waals surface area contributed by atoms with Crippen LogP contribution in [-0.4, -0.2) is 31.1 Å². The highest BCUT2D eigenvalue weighted by atomic mass is 32.2. The zero-order valence-corrected chi connectivity index (χ0v) is 17.0. The first kappa shape index (κ1) is 19.6. The highest BCUT2D eigenvalue weighted by Crippen LogP contribution is 2.48. The molecule has 3 aromatic carbocycles. The lowest BCUT2D eigenvalue weighted by molar-refractivity contribution is -0.892. The van der Waals surface area contributed by atoms with Crippen molar-refractivity contribution in [3.63, 3.8) is 0 Å². The third kappa shape index (κ3) is 3.78. The first-order valence-electron chi connectivity index (χ1n) is 9.51. The lowest BCUT2D eigenvalue weighted by Crippen LogP contribution is -3.11. The first-order chi connectivity index (χ1) is 14.0. The van der Waals surface area contributed by atoms with Crippen LogP contribution < -0.4 is 4.90 Å². The number of likely N-dealkylation sites (N-methyl/N-ethyl adjacent to an activating group) is 1. The summed E-state index contributed by atoms with van der Waals surface area (Å²) in [6.45, 7) is 0. The van der Waals surface area contributed by atoms with Gasteiger partial charge in [0.15, 0.2) is 6.04 Å². The Bertz CT molecular complexity index is 1080. The van der Waals surface area contributed by atoms with Crippen LogP contribution in [0.5, 0.6) is 0 Å². The van der Waals surface area contributed by atoms with Gasteiger partial charge in [0.25, 0.3) is 6.04 Å². The van der Waals surface area contributed by atoms with Gasteiger partial charge < -0.3 is 4.90 Å². The van der Waals surface area contributed by atoms with Gasteiger partial charge in [-0.1, -0.05) is 54.6 Å². The van der Waals surface area contributed by atoms with E-state index in [1.165, 1.54) is 23.9 Å². The Labute approximate surface area is 173 Å². The van der Waals surface area contributed by atoms with Crippen molar-refractivity contribution in [2.75, 3.05) is 14.1 Å². The Morgan fingerprint density at radius 3 is 2.38 bits per heavy atom. The molecule has 4 rings (SSSR count). The van der Waals surface area contributed by atoms with Gasteiger partial charge in [-0.2, -0.15) is 0 Å². The van der Waals surface area contributed by atoms with E-state index in [1.54, 1.807) is 12.1 Å². The van der Waals surface area contributed by atoms with E-state index in [0.29, 0.717) is 0 Å². The van der Waals surface area contributed by atoms with Gasteiger partial charge in [-0.3, -0.25) is 10.1 Å². The molecule has 0 fully saturated rings. The van der Waals surface area contributed by atoms with Gasteiger partial charge >= 0.3 is 0 Å². The Morgan fingerprint density at radius 1 is 1.00 bits per heavy atom. The predicted molar refractivity (Wildman–Crippen MR) is 116 cm³/mol. The monoisotopic (exact) mass is 409 g/mol. The standard InChI is InChI=1S/C23H21FN2O2S/c1-25(2)20-14-21(16-10-12-17(24)13-11-16)29-23(22(20)26(27)28)19-9-5-7-15-6-3-4-8-18(15)19/h3-14,20,22-23H,1-2H3/p+1/t20-,22+,23-/m0/s1. The normalized spacial score (nSPS) is 21.9. The minimum atomic E-state index is -0.764. The van der Waals surface area contributed by atoms with E-state index in [4.69, 9.17) is 0 Å². The number of nitrogens with one attached hydrogen (secondary N) is 1. The van der Waals surface area contributed by atoms with Crippen LogP contribution >= 0.6 is 11.8 Å². The molecule has 1 aliphatic heterocycles. The molecule has 0 aromatic heterocycles. The Hall–Kier alpha value is -2.70. The number of nitro groups is 1. The fourth-order valence-corrected chi connectivity index (χ4v) is 5.48. The predicted octanol–water partition coefficient (Wildman–Crippen LogP) is 3.97. The van der Waals surface area contributed by atoms with Gasteiger partial charge in [-0.25, -0.2) is 4.39 Å². The van der Waals surface area contributed by atoms with Crippen molar-refractivity contribution in [2.45, 2.75) is 17.3 Å². The maximum atomic E-state index is 13.4. The van der Waals surface area contributed by atoms with Crippen molar-refractivity contribution in [1.82, 2.24) is 0 Å². The molecule has 6 heteroatoms. The maximum Gasteiger partial charge on any atom is 0.283 e. The number of quaternary nitrogens is 1. The molecule has 0 saturated carbocycles. The van der Waals surface area contributed by atoms with Crippen molar-refractivity contribution < 1.29 is 14.2 Å². The zero-order valence-electron chi connectivity index (χ0n) is 16.2. The van der Waals surface area contributed by atoms with E-state index in [2.05, 4.69) is 0 Å². The number of fused-ring (bicyclic) bond motifs is 1. The SMILES string of the molecule is C[NH+](C)[C@H]1C=C(c2ccc(F)cc2)S[C@@H](c2cccc3ccccc23)[C@@H]1[N+](=O)[O-]. The third-order valence-electron chi connectivity index (χ3n) is 5.43. The summed E-state index contributed by atoms with van der Waals surface area (Å²) < 4.78 is 13.4. The highest BCUT2D eigenvalue weighted by molar-refractivity contribution is 8.08. The molecule has 148 valence electrons. The average molecular weight is 410 g/mol. The molecule has 0 spiro atoms. The summed E-state index contributed by atoms with van der Waals surface area (Å²) in [5.74, 6) is -0.293. The Kier molecular flexibility index (Phi) is 5.39. The Balaban J connectivity index is 1.88. The number of hydrogen-bond acceptors (Lipinski definition) is 3. The quantitative estimate of drug-likeness (QED) is 0.524. The van der Waals surface area contributed by atoms with Crippen molar-refractivity contribution in [3.8, 4) is 0 Å². The number of benzene rings is 3. The minimum absolute atomic E-state index is 0.144. The Morgan fingerprint density at radius 2 is 1.69 bits per heavy atom. The van der Waals surface area contributed by atoms with Crippen LogP contribution in [0.2, 0.25) is 0 Å². The van der Waals surface area contributed by atoms with E-state index >= 15 is 0 Å². The van der Waals surface area contributed by atoms with Gasteiger partial charge in [0.2, 0.25) is 0 Å². The molecule has 0 radical (unpaired) electrons. The van der Waals surface area contributed by atoms with Crippen LogP contribution in [0.4, 0.5) is 4.39 Å². The molecule has 1 aliphatic rings. The minimum Gasteiger partial charge on any atom is -0.328 e. The van der Waals surface area contributed by atoms with E-state index in [-0.39, 0.29) is 22.0 Å². The highest BCUT2D eigenvalue weighted by Gasteiger charge is 2.47. The molecule has 0 bridgehead atoms. The molecule has 3 aromatic rings. The average Bonchev–Trinajstić information content (AvgIpc) is 2.72. The second-order valence-corrected chi connectivity index (χ2v) is 8.71. The second kappa shape index (κ2) is 7.97. The van der Waals surface area contributed by atoms with Gasteiger partial charge in [-0.05, 0) is 40.1 Å². The number of thioether (sulfide) groups is 1. The fraction of sp³-hybridized carbons (Fsp3) is 0.217. The summed E-state index contributed by atoms with van der Waals surface area (Å²) in [6, 6.07) is 19.2. The molecule has 1 heterocycles. The second-order valence-electron chi connectivity index (χ2n) is 7.52. The molecule has 3 atom stereocenters. The molecular formula is C23H22FN2O2S+. The molecule has 4 nitrogen and oxygen atoms in total. The summed E-state index contributed by atoms with van der Waals surface area (Å²) in [5, 5.41) is 13.9. The number of nitrogens with zero attached hydrogens (tertiary/aromatic N) is 1. The van der Waals surface area contributed by atoms with Gasteiger partial charge in [-0.15, -0.1) is 11.8 Å². The van der Waals surface area contributed by atoms with Crippen LogP contribution in [-0.2, 0) is 0 Å². The van der Waals surface area contributed by atoms with Crippen LogP contribution in [0.15, 0.2) is 72.8 Å². The molecule has 0 amide bonds. The summed E-state index contributed by atoms with van der Waals surface area (Å²) in [7, 11) is 3.88. The lowest BCUT2D eigenvalue weighted by atomic mass is 9.93. The van der Waals surface area contributed by atoms with E-state index in [0.717, 1.165) is 31.7 Å². The summed E-state index contributed by atoms with van der Waals surface area (Å²) in [4.78, 5) is 14.0. The topological polar surface area (TPSA) is 47.6 Å².